The number of thiazole rings is 1. The van der Waals surface area contributed by atoms with Gasteiger partial charge in [0, 0.05) is 37.0 Å². The van der Waals surface area contributed by atoms with E-state index in [1.165, 1.54) is 11.4 Å². The third-order valence-corrected chi connectivity index (χ3v) is 5.34. The number of likely N-dealkylation sites (tertiary alicyclic amines) is 1. The maximum absolute atomic E-state index is 6.16. The van der Waals surface area contributed by atoms with Gasteiger partial charge < -0.3 is 9.47 Å². The molecule has 3 atom stereocenters. The molecule has 4 rings (SSSR count). The molecule has 4 heterocycles. The third-order valence-electron chi connectivity index (χ3n) is 4.58. The lowest BCUT2D eigenvalue weighted by Gasteiger charge is -2.32. The van der Waals surface area contributed by atoms with Crippen LogP contribution in [0, 0.1) is 0 Å². The molecular weight excluding hydrogens is 310 g/mol. The summed E-state index contributed by atoms with van der Waals surface area (Å²) < 4.78 is 12.2. The number of pyridine rings is 1. The molecule has 2 aromatic heterocycles. The Morgan fingerprint density at radius 1 is 1.30 bits per heavy atom. The Bertz CT molecular complexity index is 608. The minimum Gasteiger partial charge on any atom is -0.374 e. The highest BCUT2D eigenvalue weighted by Gasteiger charge is 2.44. The number of aromatic nitrogens is 2. The van der Waals surface area contributed by atoms with Gasteiger partial charge in [0.1, 0.15) is 11.1 Å². The number of hydrogen-bond acceptors (Lipinski definition) is 6. The van der Waals surface area contributed by atoms with Crippen LogP contribution in [0.25, 0.3) is 0 Å². The summed E-state index contributed by atoms with van der Waals surface area (Å²) in [6, 6.07) is 6.37. The van der Waals surface area contributed by atoms with E-state index in [1.807, 2.05) is 36.0 Å². The van der Waals surface area contributed by atoms with Gasteiger partial charge >= 0.3 is 0 Å². The highest BCUT2D eigenvalue weighted by atomic mass is 32.1. The molecule has 122 valence electrons. The lowest BCUT2D eigenvalue weighted by molar-refractivity contribution is -0.0824. The lowest BCUT2D eigenvalue weighted by Crippen LogP contribution is -2.41. The maximum atomic E-state index is 6.16. The largest absolute Gasteiger partial charge is 0.374 e. The highest BCUT2D eigenvalue weighted by Crippen LogP contribution is 2.32. The first-order chi connectivity index (χ1) is 11.4. The summed E-state index contributed by atoms with van der Waals surface area (Å²) >= 11 is 1.72. The summed E-state index contributed by atoms with van der Waals surface area (Å²) in [7, 11) is 0. The zero-order chi connectivity index (χ0) is 15.5. The van der Waals surface area contributed by atoms with Crippen molar-refractivity contribution < 1.29 is 9.47 Å². The molecule has 0 radical (unpaired) electrons. The smallest absolute Gasteiger partial charge is 0.107 e. The first-order valence-corrected chi connectivity index (χ1v) is 9.03. The predicted octanol–water partition coefficient (Wildman–Crippen LogP) is 2.49. The Labute approximate surface area is 140 Å². The molecule has 0 aliphatic carbocycles. The minimum absolute atomic E-state index is 0.113. The molecule has 0 bridgehead atoms. The van der Waals surface area contributed by atoms with Gasteiger partial charge in [0.25, 0.3) is 0 Å². The van der Waals surface area contributed by atoms with Gasteiger partial charge in [-0.05, 0) is 25.0 Å². The van der Waals surface area contributed by atoms with Gasteiger partial charge in [0.15, 0.2) is 0 Å². The number of ether oxygens (including phenoxy) is 2. The van der Waals surface area contributed by atoms with E-state index >= 15 is 0 Å². The molecule has 0 saturated carbocycles. The van der Waals surface area contributed by atoms with Crippen LogP contribution >= 0.6 is 11.3 Å². The summed E-state index contributed by atoms with van der Waals surface area (Å²) in [5.74, 6) is 0. The van der Waals surface area contributed by atoms with Crippen molar-refractivity contribution in [3.8, 4) is 0 Å². The maximum Gasteiger partial charge on any atom is 0.107 e. The predicted molar refractivity (Wildman–Crippen MR) is 88.1 cm³/mol. The second-order valence-corrected chi connectivity index (χ2v) is 7.05. The van der Waals surface area contributed by atoms with Crippen LogP contribution in [-0.2, 0) is 22.6 Å². The van der Waals surface area contributed by atoms with Crippen LogP contribution in [-0.4, -0.2) is 46.3 Å². The molecule has 5 nitrogen and oxygen atoms in total. The molecule has 0 aromatic carbocycles. The van der Waals surface area contributed by atoms with Gasteiger partial charge in [-0.2, -0.15) is 0 Å². The molecule has 2 saturated heterocycles. The Hall–Kier alpha value is -1.34. The quantitative estimate of drug-likeness (QED) is 0.842. The summed E-state index contributed by atoms with van der Waals surface area (Å²) in [5, 5.41) is 3.20. The number of nitrogens with zero attached hydrogens (tertiary/aromatic N) is 3. The summed E-state index contributed by atoms with van der Waals surface area (Å²) in [4.78, 5) is 11.2. The van der Waals surface area contributed by atoms with Crippen molar-refractivity contribution in [2.75, 3.05) is 13.2 Å². The zero-order valence-electron chi connectivity index (χ0n) is 13.0. The van der Waals surface area contributed by atoms with Gasteiger partial charge in [0.05, 0.1) is 24.9 Å². The summed E-state index contributed by atoms with van der Waals surface area (Å²) in [6.07, 6.45) is 6.28. The second kappa shape index (κ2) is 7.05. The van der Waals surface area contributed by atoms with Gasteiger partial charge in [-0.25, -0.2) is 4.98 Å². The van der Waals surface area contributed by atoms with Crippen LogP contribution in [0.2, 0.25) is 0 Å². The molecule has 0 spiro atoms. The van der Waals surface area contributed by atoms with Crippen LogP contribution in [0.5, 0.6) is 0 Å². The van der Waals surface area contributed by atoms with E-state index in [1.54, 1.807) is 11.3 Å². The number of rotatable bonds is 5. The van der Waals surface area contributed by atoms with E-state index in [0.717, 1.165) is 31.8 Å². The fraction of sp³-hybridized carbons (Fsp3) is 0.529. The Morgan fingerprint density at radius 2 is 2.30 bits per heavy atom. The fourth-order valence-corrected chi connectivity index (χ4v) is 4.15. The molecule has 23 heavy (non-hydrogen) atoms. The van der Waals surface area contributed by atoms with E-state index in [9.17, 15) is 0 Å². The van der Waals surface area contributed by atoms with Crippen molar-refractivity contribution in [2.45, 2.75) is 44.2 Å². The molecule has 0 N–H and O–H groups in total. The summed E-state index contributed by atoms with van der Waals surface area (Å²) in [6.45, 7) is 3.19. The number of hydrogen-bond donors (Lipinski definition) is 0. The molecule has 2 aromatic rings. The van der Waals surface area contributed by atoms with Crippen molar-refractivity contribution in [1.29, 1.82) is 0 Å². The Balaban J connectivity index is 1.42. The monoisotopic (exact) mass is 331 g/mol. The van der Waals surface area contributed by atoms with E-state index in [0.29, 0.717) is 12.6 Å². The van der Waals surface area contributed by atoms with Crippen molar-refractivity contribution in [2.24, 2.45) is 0 Å². The van der Waals surface area contributed by atoms with Crippen LogP contribution < -0.4 is 0 Å². The van der Waals surface area contributed by atoms with Gasteiger partial charge in [-0.15, -0.1) is 11.3 Å². The Kier molecular flexibility index (Phi) is 4.66. The third kappa shape index (κ3) is 3.45. The van der Waals surface area contributed by atoms with Crippen LogP contribution in [0.1, 0.15) is 23.5 Å². The van der Waals surface area contributed by atoms with E-state index in [4.69, 9.17) is 9.47 Å². The second-order valence-electron chi connectivity index (χ2n) is 6.07. The van der Waals surface area contributed by atoms with Crippen molar-refractivity contribution in [3.63, 3.8) is 0 Å². The Morgan fingerprint density at radius 3 is 3.13 bits per heavy atom. The zero-order valence-corrected chi connectivity index (χ0v) is 13.8. The van der Waals surface area contributed by atoms with E-state index < -0.39 is 0 Å². The topological polar surface area (TPSA) is 47.5 Å². The molecule has 0 unspecified atom stereocenters. The first-order valence-electron chi connectivity index (χ1n) is 8.16. The number of fused-ring (bicyclic) bond motifs is 1. The molecular formula is C17H21N3O2S. The van der Waals surface area contributed by atoms with Crippen LogP contribution in [0.4, 0.5) is 0 Å². The fourth-order valence-electron chi connectivity index (χ4n) is 3.51. The van der Waals surface area contributed by atoms with Gasteiger partial charge in [0.2, 0.25) is 0 Å². The lowest BCUT2D eigenvalue weighted by atomic mass is 10.0. The minimum atomic E-state index is 0.113. The molecule has 2 aliphatic heterocycles. The van der Waals surface area contributed by atoms with E-state index in [2.05, 4.69) is 14.9 Å². The molecule has 6 heteroatoms. The standard InChI is InChI=1S/C17H21N3O2S/c1-2-6-18-13(4-1)12-22-15-10-20(11-16-19-7-9-23-16)14-5-3-8-21-17(14)15/h1-2,4,6-7,9,14-15,17H,3,5,8,10-12H2/t14-,15+,17+/m0/s1. The normalized spacial score (nSPS) is 27.9. The molecule has 2 fully saturated rings. The summed E-state index contributed by atoms with van der Waals surface area (Å²) in [5.41, 5.74) is 0.971. The average Bonchev–Trinajstić information content (AvgIpc) is 3.23. The van der Waals surface area contributed by atoms with Gasteiger partial charge in [-0.3, -0.25) is 9.88 Å². The average molecular weight is 331 g/mol. The van der Waals surface area contributed by atoms with Crippen molar-refractivity contribution in [1.82, 2.24) is 14.9 Å². The molecule has 2 aliphatic rings. The van der Waals surface area contributed by atoms with Gasteiger partial charge in [-0.1, -0.05) is 6.07 Å². The first kappa shape index (κ1) is 15.2. The van der Waals surface area contributed by atoms with Crippen molar-refractivity contribution in [3.05, 3.63) is 46.7 Å². The van der Waals surface area contributed by atoms with E-state index in [-0.39, 0.29) is 12.2 Å². The molecule has 0 amide bonds. The SMILES string of the molecule is c1ccc(CO[C@@H]2CN(Cc3nccs3)[C@H]3CCCO[C@@H]23)nc1. The van der Waals surface area contributed by atoms with Crippen molar-refractivity contribution >= 4 is 11.3 Å². The van der Waals surface area contributed by atoms with Crippen LogP contribution in [0.3, 0.4) is 0 Å². The van der Waals surface area contributed by atoms with Crippen LogP contribution in [0.15, 0.2) is 36.0 Å². The highest BCUT2D eigenvalue weighted by molar-refractivity contribution is 7.09.